The van der Waals surface area contributed by atoms with E-state index in [1.807, 2.05) is 24.3 Å². The van der Waals surface area contributed by atoms with E-state index in [-0.39, 0.29) is 17.3 Å². The van der Waals surface area contributed by atoms with Crippen molar-refractivity contribution in [2.45, 2.75) is 11.8 Å². The van der Waals surface area contributed by atoms with Gasteiger partial charge in [0.1, 0.15) is 11.3 Å². The van der Waals surface area contributed by atoms with Gasteiger partial charge in [-0.15, -0.1) is 10.2 Å². The zero-order valence-corrected chi connectivity index (χ0v) is 14.5. The van der Waals surface area contributed by atoms with Crippen molar-refractivity contribution < 1.29 is 18.3 Å². The zero-order chi connectivity index (χ0) is 18.8. The third kappa shape index (κ3) is 3.72. The molecule has 6 nitrogen and oxygen atoms in total. The molecule has 0 aliphatic heterocycles. The predicted octanol–water partition coefficient (Wildman–Crippen LogP) is 4.08. The highest BCUT2D eigenvalue weighted by atomic mass is 32.2. The van der Waals surface area contributed by atoms with Crippen molar-refractivity contribution >= 4 is 39.6 Å². The molecule has 4 aromatic rings. The lowest BCUT2D eigenvalue weighted by atomic mass is 10.1. The smallest absolute Gasteiger partial charge is 0.387 e. The van der Waals surface area contributed by atoms with E-state index >= 15 is 0 Å². The van der Waals surface area contributed by atoms with Crippen molar-refractivity contribution in [2.24, 2.45) is 0 Å². The number of aromatic nitrogens is 4. The lowest BCUT2D eigenvalue weighted by Crippen LogP contribution is -2.05. The number of alkyl halides is 2. The fourth-order valence-electron chi connectivity index (χ4n) is 2.60. The number of nitrogens with zero attached hydrogens (tertiary/aromatic N) is 3. The minimum absolute atomic E-state index is 0.00555. The Kier molecular flexibility index (Phi) is 4.68. The molecule has 1 N–H and O–H groups in total. The minimum Gasteiger partial charge on any atom is -0.435 e. The standard InChI is InChI=1S/C18H12F2N4O2S/c19-17(20)26-11-7-5-10(6-8-11)14(25)9-27-18-22-16-15(23-24-18)12-3-1-2-4-13(12)21-16/h1-8,17H,9H2,(H,21,22,24). The van der Waals surface area contributed by atoms with Gasteiger partial charge in [-0.25, -0.2) is 4.98 Å². The number of hydrogen-bond donors (Lipinski definition) is 1. The lowest BCUT2D eigenvalue weighted by molar-refractivity contribution is -0.0498. The van der Waals surface area contributed by atoms with Crippen molar-refractivity contribution in [3.63, 3.8) is 0 Å². The Morgan fingerprint density at radius 1 is 1.11 bits per heavy atom. The van der Waals surface area contributed by atoms with Gasteiger partial charge in [0.2, 0.25) is 5.16 Å². The first-order valence-electron chi connectivity index (χ1n) is 7.92. The zero-order valence-electron chi connectivity index (χ0n) is 13.7. The normalized spacial score (nSPS) is 11.4. The molecule has 0 saturated heterocycles. The van der Waals surface area contributed by atoms with Crippen molar-refractivity contribution in [3.05, 3.63) is 54.1 Å². The number of benzene rings is 2. The van der Waals surface area contributed by atoms with Crippen LogP contribution < -0.4 is 4.74 Å². The Hall–Kier alpha value is -3.07. The Morgan fingerprint density at radius 3 is 2.67 bits per heavy atom. The summed E-state index contributed by atoms with van der Waals surface area (Å²) in [7, 11) is 0. The summed E-state index contributed by atoms with van der Waals surface area (Å²) in [5, 5.41) is 9.58. The van der Waals surface area contributed by atoms with Crippen LogP contribution in [0, 0.1) is 0 Å². The molecule has 136 valence electrons. The van der Waals surface area contributed by atoms with Crippen LogP contribution in [0.15, 0.2) is 53.7 Å². The SMILES string of the molecule is O=C(CSc1nnc2c(n1)[nH]c1ccccc12)c1ccc(OC(F)F)cc1. The molecule has 2 heterocycles. The summed E-state index contributed by atoms with van der Waals surface area (Å²) in [6.07, 6.45) is 0. The van der Waals surface area contributed by atoms with Crippen molar-refractivity contribution in [2.75, 3.05) is 5.75 Å². The fraction of sp³-hybridized carbons (Fsp3) is 0.111. The first kappa shape index (κ1) is 17.3. The van der Waals surface area contributed by atoms with Gasteiger partial charge in [-0.3, -0.25) is 4.79 Å². The van der Waals surface area contributed by atoms with E-state index in [2.05, 4.69) is 24.9 Å². The topological polar surface area (TPSA) is 80.8 Å². The van der Waals surface area contributed by atoms with Gasteiger partial charge in [0.05, 0.1) is 5.75 Å². The third-order valence-electron chi connectivity index (χ3n) is 3.84. The number of halogens is 2. The van der Waals surface area contributed by atoms with E-state index in [4.69, 9.17) is 0 Å². The first-order valence-corrected chi connectivity index (χ1v) is 8.91. The number of rotatable bonds is 6. The molecule has 0 saturated carbocycles. The highest BCUT2D eigenvalue weighted by molar-refractivity contribution is 7.99. The second-order valence-corrected chi connectivity index (χ2v) is 6.52. The van der Waals surface area contributed by atoms with Crippen LogP contribution in [0.25, 0.3) is 22.1 Å². The number of thioether (sulfide) groups is 1. The Balaban J connectivity index is 1.46. The maximum Gasteiger partial charge on any atom is 0.387 e. The van der Waals surface area contributed by atoms with E-state index in [9.17, 15) is 13.6 Å². The monoisotopic (exact) mass is 386 g/mol. The van der Waals surface area contributed by atoms with Crippen molar-refractivity contribution in [1.29, 1.82) is 0 Å². The van der Waals surface area contributed by atoms with E-state index in [1.165, 1.54) is 24.3 Å². The van der Waals surface area contributed by atoms with Gasteiger partial charge in [0.25, 0.3) is 0 Å². The van der Waals surface area contributed by atoms with E-state index in [0.717, 1.165) is 22.7 Å². The summed E-state index contributed by atoms with van der Waals surface area (Å²) >= 11 is 1.16. The largest absolute Gasteiger partial charge is 0.435 e. The second kappa shape index (κ2) is 7.28. The van der Waals surface area contributed by atoms with Crippen LogP contribution in [0.1, 0.15) is 10.4 Å². The van der Waals surface area contributed by atoms with Gasteiger partial charge in [-0.2, -0.15) is 8.78 Å². The summed E-state index contributed by atoms with van der Waals surface area (Å²) in [5.41, 5.74) is 2.59. The average molecular weight is 386 g/mol. The minimum atomic E-state index is -2.90. The molecule has 4 rings (SSSR count). The molecule has 0 aliphatic rings. The van der Waals surface area contributed by atoms with E-state index in [0.29, 0.717) is 21.9 Å². The Labute approximate surface area is 156 Å². The Morgan fingerprint density at radius 2 is 1.89 bits per heavy atom. The van der Waals surface area contributed by atoms with Crippen molar-refractivity contribution in [1.82, 2.24) is 20.2 Å². The lowest BCUT2D eigenvalue weighted by Gasteiger charge is -2.05. The fourth-order valence-corrected chi connectivity index (χ4v) is 3.28. The number of hydrogen-bond acceptors (Lipinski definition) is 6. The third-order valence-corrected chi connectivity index (χ3v) is 4.67. The van der Waals surface area contributed by atoms with Crippen LogP contribution in [-0.2, 0) is 0 Å². The van der Waals surface area contributed by atoms with Gasteiger partial charge in [0.15, 0.2) is 11.4 Å². The number of Topliss-reactive ketones (excluding diaryl/α,β-unsaturated/α-hetero) is 1. The molecule has 0 aliphatic carbocycles. The number of para-hydroxylation sites is 1. The number of fused-ring (bicyclic) bond motifs is 3. The summed E-state index contributed by atoms with van der Waals surface area (Å²) in [6, 6.07) is 13.2. The molecule has 0 atom stereocenters. The van der Waals surface area contributed by atoms with Gasteiger partial charge >= 0.3 is 6.61 Å². The number of ketones is 1. The number of ether oxygens (including phenoxy) is 1. The summed E-state index contributed by atoms with van der Waals surface area (Å²) in [5.74, 6) is -0.0717. The summed E-state index contributed by atoms with van der Waals surface area (Å²) in [4.78, 5) is 19.8. The van der Waals surface area contributed by atoms with Crippen LogP contribution in [0.4, 0.5) is 8.78 Å². The predicted molar refractivity (Wildman–Crippen MR) is 97.3 cm³/mol. The Bertz CT molecular complexity index is 1120. The number of H-pyrrole nitrogens is 1. The molecular formula is C18H12F2N4O2S. The quantitative estimate of drug-likeness (QED) is 0.397. The number of carbonyl (C=O) groups excluding carboxylic acids is 1. The summed E-state index contributed by atoms with van der Waals surface area (Å²) < 4.78 is 28.6. The van der Waals surface area contributed by atoms with E-state index in [1.54, 1.807) is 0 Å². The maximum atomic E-state index is 12.3. The van der Waals surface area contributed by atoms with Crippen LogP contribution in [0.5, 0.6) is 5.75 Å². The van der Waals surface area contributed by atoms with Gasteiger partial charge in [-0.1, -0.05) is 30.0 Å². The molecule has 0 radical (unpaired) electrons. The molecule has 0 amide bonds. The molecule has 0 fully saturated rings. The maximum absolute atomic E-state index is 12.3. The highest BCUT2D eigenvalue weighted by Crippen LogP contribution is 2.24. The molecule has 0 unspecified atom stereocenters. The van der Waals surface area contributed by atoms with E-state index < -0.39 is 6.61 Å². The highest BCUT2D eigenvalue weighted by Gasteiger charge is 2.12. The summed E-state index contributed by atoms with van der Waals surface area (Å²) in [6.45, 7) is -2.90. The number of nitrogens with one attached hydrogen (secondary N) is 1. The molecule has 27 heavy (non-hydrogen) atoms. The van der Waals surface area contributed by atoms with Crippen molar-refractivity contribution in [3.8, 4) is 5.75 Å². The number of aromatic amines is 1. The molecule has 9 heteroatoms. The molecule has 2 aromatic heterocycles. The molecule has 0 spiro atoms. The van der Waals surface area contributed by atoms with Gasteiger partial charge in [-0.05, 0) is 30.3 Å². The number of carbonyl (C=O) groups is 1. The van der Waals surface area contributed by atoms with Crippen LogP contribution >= 0.6 is 11.8 Å². The molecule has 0 bridgehead atoms. The second-order valence-electron chi connectivity index (χ2n) is 5.58. The van der Waals surface area contributed by atoms with Crippen LogP contribution in [0.2, 0.25) is 0 Å². The van der Waals surface area contributed by atoms with Gasteiger partial charge < -0.3 is 9.72 Å². The molecular weight excluding hydrogens is 374 g/mol. The van der Waals surface area contributed by atoms with Gasteiger partial charge in [0, 0.05) is 16.5 Å². The first-order chi connectivity index (χ1) is 13.1. The van der Waals surface area contributed by atoms with Crippen LogP contribution in [0.3, 0.4) is 0 Å². The van der Waals surface area contributed by atoms with Crippen LogP contribution in [-0.4, -0.2) is 38.3 Å². The average Bonchev–Trinajstić information content (AvgIpc) is 3.04. The molecule has 2 aromatic carbocycles.